The van der Waals surface area contributed by atoms with Gasteiger partial charge in [-0.3, -0.25) is 0 Å². The van der Waals surface area contributed by atoms with E-state index in [4.69, 9.17) is 24.4 Å². The normalized spacial score (nSPS) is 12.7. The van der Waals surface area contributed by atoms with Crippen molar-refractivity contribution in [2.75, 3.05) is 33.5 Å². The first-order valence-corrected chi connectivity index (χ1v) is 7.69. The average Bonchev–Trinajstić information content (AvgIpc) is 2.68. The third-order valence-electron chi connectivity index (χ3n) is 3.10. The molecule has 0 saturated heterocycles. The van der Waals surface area contributed by atoms with E-state index in [0.29, 0.717) is 11.3 Å². The van der Waals surface area contributed by atoms with Gasteiger partial charge in [0.25, 0.3) is 0 Å². The number of hydrogen-bond acceptors (Lipinski definition) is 9. The van der Waals surface area contributed by atoms with Gasteiger partial charge in [-0.05, 0) is 23.8 Å². The number of ether oxygens (including phenoxy) is 3. The summed E-state index contributed by atoms with van der Waals surface area (Å²) >= 11 is 0. The van der Waals surface area contributed by atoms with Crippen molar-refractivity contribution in [1.29, 1.82) is 0 Å². The fourth-order valence-corrected chi connectivity index (χ4v) is 1.67. The van der Waals surface area contributed by atoms with Crippen molar-refractivity contribution < 1.29 is 44.2 Å². The molecule has 0 aliphatic rings. The Labute approximate surface area is 150 Å². The van der Waals surface area contributed by atoms with Crippen LogP contribution in [-0.2, 0) is 19.1 Å². The lowest BCUT2D eigenvalue weighted by atomic mass is 10.1. The molecule has 2 unspecified atom stereocenters. The molecule has 9 nitrogen and oxygen atoms in total. The van der Waals surface area contributed by atoms with E-state index >= 15 is 0 Å². The van der Waals surface area contributed by atoms with Crippen LogP contribution in [0.1, 0.15) is 5.56 Å². The lowest BCUT2D eigenvalue weighted by molar-refractivity contribution is -0.150. The fourth-order valence-electron chi connectivity index (χ4n) is 1.67. The largest absolute Gasteiger partial charge is 0.497 e. The van der Waals surface area contributed by atoms with Crippen LogP contribution >= 0.6 is 0 Å². The zero-order chi connectivity index (χ0) is 19.5. The number of esters is 2. The summed E-state index contributed by atoms with van der Waals surface area (Å²) in [6.07, 6.45) is -1.36. The Morgan fingerprint density at radius 3 is 1.81 bits per heavy atom. The minimum atomic E-state index is -1.28. The quantitative estimate of drug-likeness (QED) is 0.174. The van der Waals surface area contributed by atoms with Crippen molar-refractivity contribution in [3.05, 3.63) is 35.4 Å². The van der Waals surface area contributed by atoms with Crippen LogP contribution in [0.5, 0.6) is 5.75 Å². The maximum Gasteiger partial charge on any atom is 0.345 e. The monoisotopic (exact) mass is 370 g/mol. The summed E-state index contributed by atoms with van der Waals surface area (Å²) in [5.41, 5.74) is -0.00874. The molecule has 0 radical (unpaired) electrons. The van der Waals surface area contributed by atoms with E-state index in [-0.39, 0.29) is 0 Å². The first kappa shape index (κ1) is 21.6. The number of carbonyl (C=O) groups is 2. The number of methoxy groups -OCH3 is 1. The number of hydrogen-bond donors (Lipinski definition) is 4. The highest BCUT2D eigenvalue weighted by atomic mass is 16.6. The van der Waals surface area contributed by atoms with E-state index in [9.17, 15) is 19.8 Å². The van der Waals surface area contributed by atoms with E-state index in [2.05, 4.69) is 0 Å². The van der Waals surface area contributed by atoms with Crippen molar-refractivity contribution >= 4 is 18.0 Å². The van der Waals surface area contributed by atoms with Crippen LogP contribution in [0.4, 0.5) is 0 Å². The van der Waals surface area contributed by atoms with Crippen LogP contribution in [0.15, 0.2) is 29.8 Å². The summed E-state index contributed by atoms with van der Waals surface area (Å²) in [5, 5.41) is 36.0. The molecule has 0 saturated carbocycles. The van der Waals surface area contributed by atoms with E-state index < -0.39 is 56.1 Å². The second kappa shape index (κ2) is 11.2. The summed E-state index contributed by atoms with van der Waals surface area (Å²) in [7, 11) is 1.49. The van der Waals surface area contributed by atoms with E-state index in [1.54, 1.807) is 24.3 Å². The number of rotatable bonds is 10. The number of carbonyl (C=O) groups excluding carboxylic acids is 2. The van der Waals surface area contributed by atoms with Crippen LogP contribution in [0.2, 0.25) is 0 Å². The Balaban J connectivity index is 2.96. The first-order chi connectivity index (χ1) is 12.4. The molecule has 4 N–H and O–H groups in total. The maximum absolute atomic E-state index is 12.1. The number of aliphatic hydroxyl groups excluding tert-OH is 4. The predicted octanol–water partition coefficient (Wildman–Crippen LogP) is -1.13. The smallest absolute Gasteiger partial charge is 0.345 e. The molecule has 1 aromatic carbocycles. The topological polar surface area (TPSA) is 143 Å². The molecule has 1 aromatic rings. The lowest BCUT2D eigenvalue weighted by Gasteiger charge is -2.12. The van der Waals surface area contributed by atoms with E-state index in [1.807, 2.05) is 0 Å². The van der Waals surface area contributed by atoms with E-state index in [1.165, 1.54) is 13.2 Å². The standard InChI is InChI=1S/C17H22O9/c1-24-14-4-2-11(3-5-14)6-15(16(22)25-9-12(20)7-18)17(23)26-10-13(21)8-19/h2-6,12-13,18-21H,7-10H2,1H3. The summed E-state index contributed by atoms with van der Waals surface area (Å²) in [4.78, 5) is 24.3. The zero-order valence-corrected chi connectivity index (χ0v) is 14.2. The molecule has 1 rings (SSSR count). The molecular formula is C17H22O9. The first-order valence-electron chi connectivity index (χ1n) is 7.69. The Hall–Kier alpha value is -2.46. The highest BCUT2D eigenvalue weighted by Gasteiger charge is 2.23. The lowest BCUT2D eigenvalue weighted by Crippen LogP contribution is -2.27. The molecule has 0 aliphatic heterocycles. The van der Waals surface area contributed by atoms with Gasteiger partial charge in [0.1, 0.15) is 36.7 Å². The van der Waals surface area contributed by atoms with Gasteiger partial charge in [-0.2, -0.15) is 0 Å². The third-order valence-corrected chi connectivity index (χ3v) is 3.10. The second-order valence-electron chi connectivity index (χ2n) is 5.20. The number of aliphatic hydroxyl groups is 4. The van der Waals surface area contributed by atoms with E-state index in [0.717, 1.165) is 0 Å². The van der Waals surface area contributed by atoms with Gasteiger partial charge in [0, 0.05) is 0 Å². The van der Waals surface area contributed by atoms with Crippen molar-refractivity contribution in [3.8, 4) is 5.75 Å². The Morgan fingerprint density at radius 1 is 0.962 bits per heavy atom. The summed E-state index contributed by atoms with van der Waals surface area (Å²) in [6, 6.07) is 6.41. The Bertz CT molecular complexity index is 581. The second-order valence-corrected chi connectivity index (χ2v) is 5.20. The Morgan fingerprint density at radius 2 is 1.42 bits per heavy atom. The molecule has 0 heterocycles. The van der Waals surface area contributed by atoms with Crippen LogP contribution < -0.4 is 4.74 Å². The average molecular weight is 370 g/mol. The molecule has 0 amide bonds. The van der Waals surface area contributed by atoms with Gasteiger partial charge >= 0.3 is 11.9 Å². The molecule has 26 heavy (non-hydrogen) atoms. The van der Waals surface area contributed by atoms with Gasteiger partial charge in [0.15, 0.2) is 0 Å². The molecule has 0 bridgehead atoms. The highest BCUT2D eigenvalue weighted by Crippen LogP contribution is 2.15. The molecule has 2 atom stereocenters. The summed E-state index contributed by atoms with van der Waals surface area (Å²) < 4.78 is 14.6. The SMILES string of the molecule is COc1ccc(C=C(C(=O)OCC(O)CO)C(=O)OCC(O)CO)cc1. The van der Waals surface area contributed by atoms with Crippen LogP contribution in [0.3, 0.4) is 0 Å². The van der Waals surface area contributed by atoms with Gasteiger partial charge in [0.2, 0.25) is 0 Å². The molecule has 0 fully saturated rings. The van der Waals surface area contributed by atoms with Crippen molar-refractivity contribution in [1.82, 2.24) is 0 Å². The van der Waals surface area contributed by atoms with Crippen molar-refractivity contribution in [2.24, 2.45) is 0 Å². The number of benzene rings is 1. The molecule has 0 spiro atoms. The minimum Gasteiger partial charge on any atom is -0.497 e. The summed E-state index contributed by atoms with van der Waals surface area (Å²) in [6.45, 7) is -2.25. The molecule has 0 aromatic heterocycles. The molecule has 0 aliphatic carbocycles. The van der Waals surface area contributed by atoms with Crippen molar-refractivity contribution in [2.45, 2.75) is 12.2 Å². The van der Waals surface area contributed by atoms with Gasteiger partial charge in [-0.1, -0.05) is 12.1 Å². The molecule has 144 valence electrons. The molecular weight excluding hydrogens is 348 g/mol. The Kier molecular flexibility index (Phi) is 9.31. The van der Waals surface area contributed by atoms with Gasteiger partial charge in [-0.25, -0.2) is 9.59 Å². The summed E-state index contributed by atoms with van der Waals surface area (Å²) in [5.74, 6) is -1.57. The predicted molar refractivity (Wildman–Crippen MR) is 89.1 cm³/mol. The van der Waals surface area contributed by atoms with Gasteiger partial charge in [0.05, 0.1) is 20.3 Å². The van der Waals surface area contributed by atoms with Crippen LogP contribution in [0, 0.1) is 0 Å². The van der Waals surface area contributed by atoms with Crippen LogP contribution in [0.25, 0.3) is 6.08 Å². The van der Waals surface area contributed by atoms with Gasteiger partial charge in [-0.15, -0.1) is 0 Å². The minimum absolute atomic E-state index is 0.472. The highest BCUT2D eigenvalue weighted by molar-refractivity contribution is 6.17. The zero-order valence-electron chi connectivity index (χ0n) is 14.2. The van der Waals surface area contributed by atoms with Gasteiger partial charge < -0.3 is 34.6 Å². The molecule has 9 heteroatoms. The fraction of sp³-hybridized carbons (Fsp3) is 0.412. The maximum atomic E-state index is 12.1. The third kappa shape index (κ3) is 7.19. The van der Waals surface area contributed by atoms with Crippen molar-refractivity contribution in [3.63, 3.8) is 0 Å². The van der Waals surface area contributed by atoms with Crippen LogP contribution in [-0.4, -0.2) is 78.1 Å².